The SMILES string of the molecule is Cc1c(OCc2cccc(F)c2)ccc2c1O/C(=C\c1cccc(Cl)c1)C2=O. The van der Waals surface area contributed by atoms with E-state index >= 15 is 0 Å². The normalized spacial score (nSPS) is 14.1. The molecule has 0 aliphatic carbocycles. The quantitative estimate of drug-likeness (QED) is 0.510. The van der Waals surface area contributed by atoms with Crippen LogP contribution in [0, 0.1) is 12.7 Å². The average Bonchev–Trinajstić information content (AvgIpc) is 2.98. The van der Waals surface area contributed by atoms with Gasteiger partial charge in [-0.3, -0.25) is 4.79 Å². The topological polar surface area (TPSA) is 35.5 Å². The summed E-state index contributed by atoms with van der Waals surface area (Å²) < 4.78 is 25.0. The monoisotopic (exact) mass is 394 g/mol. The molecule has 0 radical (unpaired) electrons. The summed E-state index contributed by atoms with van der Waals surface area (Å²) in [5.74, 6) is 0.809. The number of ketones is 1. The van der Waals surface area contributed by atoms with Crippen LogP contribution in [0.5, 0.6) is 11.5 Å². The van der Waals surface area contributed by atoms with Crippen LogP contribution in [-0.2, 0) is 6.61 Å². The van der Waals surface area contributed by atoms with Crippen LogP contribution in [0.25, 0.3) is 6.08 Å². The van der Waals surface area contributed by atoms with E-state index < -0.39 is 0 Å². The molecule has 140 valence electrons. The Balaban J connectivity index is 1.58. The molecule has 5 heteroatoms. The van der Waals surface area contributed by atoms with Gasteiger partial charge in [0.05, 0.1) is 5.56 Å². The lowest BCUT2D eigenvalue weighted by Gasteiger charge is -2.11. The molecule has 0 bridgehead atoms. The standard InChI is InChI=1S/C23H16ClFO3/c1-14-20(27-13-16-5-3-7-18(25)11-16)9-8-19-22(26)21(28-23(14)19)12-15-4-2-6-17(24)10-15/h2-12H,13H2,1H3/b21-12-. The molecule has 0 spiro atoms. The minimum atomic E-state index is -0.309. The van der Waals surface area contributed by atoms with E-state index in [1.807, 2.05) is 19.1 Å². The first-order valence-electron chi connectivity index (χ1n) is 8.72. The molecule has 0 aromatic heterocycles. The molecule has 0 saturated heterocycles. The molecule has 0 N–H and O–H groups in total. The molecular formula is C23H16ClFO3. The van der Waals surface area contributed by atoms with E-state index in [0.29, 0.717) is 22.1 Å². The molecule has 0 amide bonds. The van der Waals surface area contributed by atoms with Crippen LogP contribution >= 0.6 is 11.6 Å². The van der Waals surface area contributed by atoms with E-state index in [2.05, 4.69) is 0 Å². The average molecular weight is 395 g/mol. The van der Waals surface area contributed by atoms with Crippen LogP contribution in [-0.4, -0.2) is 5.78 Å². The number of hydrogen-bond donors (Lipinski definition) is 0. The minimum Gasteiger partial charge on any atom is -0.488 e. The highest BCUT2D eigenvalue weighted by molar-refractivity contribution is 6.30. The Hall–Kier alpha value is -3.11. The fraction of sp³-hybridized carbons (Fsp3) is 0.0870. The molecule has 1 aliphatic heterocycles. The van der Waals surface area contributed by atoms with Gasteiger partial charge in [-0.25, -0.2) is 4.39 Å². The molecule has 0 fully saturated rings. The second-order valence-corrected chi connectivity index (χ2v) is 6.92. The number of carbonyl (C=O) groups is 1. The molecule has 0 atom stereocenters. The highest BCUT2D eigenvalue weighted by Gasteiger charge is 2.30. The lowest BCUT2D eigenvalue weighted by molar-refractivity contribution is 0.101. The Morgan fingerprint density at radius 3 is 2.71 bits per heavy atom. The smallest absolute Gasteiger partial charge is 0.231 e. The van der Waals surface area contributed by atoms with Gasteiger partial charge in [0.15, 0.2) is 5.76 Å². The summed E-state index contributed by atoms with van der Waals surface area (Å²) in [6, 6.07) is 16.8. The molecule has 1 aliphatic rings. The first-order valence-corrected chi connectivity index (χ1v) is 9.10. The Bertz CT molecular complexity index is 1100. The van der Waals surface area contributed by atoms with Gasteiger partial charge in [-0.1, -0.05) is 35.9 Å². The number of benzene rings is 3. The third-order valence-electron chi connectivity index (χ3n) is 4.47. The lowest BCUT2D eigenvalue weighted by atomic mass is 10.1. The van der Waals surface area contributed by atoms with Gasteiger partial charge in [0.25, 0.3) is 0 Å². The van der Waals surface area contributed by atoms with Gasteiger partial charge in [0.1, 0.15) is 23.9 Å². The summed E-state index contributed by atoms with van der Waals surface area (Å²) in [5.41, 5.74) is 2.71. The first kappa shape index (κ1) is 18.3. The molecule has 1 heterocycles. The van der Waals surface area contributed by atoms with Crippen LogP contribution in [0.15, 0.2) is 66.4 Å². The number of hydrogen-bond acceptors (Lipinski definition) is 3. The third-order valence-corrected chi connectivity index (χ3v) is 4.70. The van der Waals surface area contributed by atoms with Gasteiger partial charge in [-0.2, -0.15) is 0 Å². The number of allylic oxidation sites excluding steroid dienone is 1. The van der Waals surface area contributed by atoms with Crippen molar-refractivity contribution in [2.24, 2.45) is 0 Å². The van der Waals surface area contributed by atoms with Gasteiger partial charge >= 0.3 is 0 Å². The predicted molar refractivity (Wildman–Crippen MR) is 106 cm³/mol. The van der Waals surface area contributed by atoms with Gasteiger partial charge in [0.2, 0.25) is 5.78 Å². The number of carbonyl (C=O) groups excluding carboxylic acids is 1. The zero-order valence-electron chi connectivity index (χ0n) is 15.0. The van der Waals surface area contributed by atoms with E-state index in [0.717, 1.165) is 16.7 Å². The van der Waals surface area contributed by atoms with Crippen molar-refractivity contribution in [2.45, 2.75) is 13.5 Å². The lowest BCUT2D eigenvalue weighted by Crippen LogP contribution is -1.98. The second kappa shape index (κ2) is 7.49. The fourth-order valence-corrected chi connectivity index (χ4v) is 3.26. The van der Waals surface area contributed by atoms with Crippen molar-refractivity contribution in [2.75, 3.05) is 0 Å². The van der Waals surface area contributed by atoms with Gasteiger partial charge in [0, 0.05) is 10.6 Å². The van der Waals surface area contributed by atoms with E-state index in [1.165, 1.54) is 12.1 Å². The number of Topliss-reactive ketones (excluding diaryl/α,β-unsaturated/α-hetero) is 1. The third kappa shape index (κ3) is 3.64. The predicted octanol–water partition coefficient (Wildman–Crippen LogP) is 5.98. The zero-order chi connectivity index (χ0) is 19.7. The fourth-order valence-electron chi connectivity index (χ4n) is 3.06. The van der Waals surface area contributed by atoms with E-state index in [4.69, 9.17) is 21.1 Å². The summed E-state index contributed by atoms with van der Waals surface area (Å²) in [6.45, 7) is 2.05. The summed E-state index contributed by atoms with van der Waals surface area (Å²) in [7, 11) is 0. The number of ether oxygens (including phenoxy) is 2. The van der Waals surface area contributed by atoms with Crippen molar-refractivity contribution in [1.29, 1.82) is 0 Å². The molecule has 0 saturated carbocycles. The highest BCUT2D eigenvalue weighted by Crippen LogP contribution is 2.39. The van der Waals surface area contributed by atoms with E-state index in [-0.39, 0.29) is 24.0 Å². The van der Waals surface area contributed by atoms with Crippen molar-refractivity contribution in [1.82, 2.24) is 0 Å². The van der Waals surface area contributed by atoms with Crippen molar-refractivity contribution in [3.05, 3.63) is 99.5 Å². The zero-order valence-corrected chi connectivity index (χ0v) is 15.8. The van der Waals surface area contributed by atoms with Crippen LogP contribution in [0.3, 0.4) is 0 Å². The largest absolute Gasteiger partial charge is 0.488 e. The summed E-state index contributed by atoms with van der Waals surface area (Å²) in [6.07, 6.45) is 1.67. The van der Waals surface area contributed by atoms with Gasteiger partial charge in [-0.05, 0) is 60.5 Å². The molecule has 4 rings (SSSR count). The van der Waals surface area contributed by atoms with Crippen molar-refractivity contribution in [3.8, 4) is 11.5 Å². The maximum absolute atomic E-state index is 13.3. The Morgan fingerprint density at radius 2 is 1.93 bits per heavy atom. The van der Waals surface area contributed by atoms with Crippen molar-refractivity contribution in [3.63, 3.8) is 0 Å². The second-order valence-electron chi connectivity index (χ2n) is 6.48. The highest BCUT2D eigenvalue weighted by atomic mass is 35.5. The summed E-state index contributed by atoms with van der Waals surface area (Å²) in [4.78, 5) is 12.7. The van der Waals surface area contributed by atoms with Crippen LogP contribution in [0.4, 0.5) is 4.39 Å². The Labute approximate surface area is 167 Å². The molecule has 3 nitrogen and oxygen atoms in total. The minimum absolute atomic E-state index is 0.185. The number of rotatable bonds is 4. The van der Waals surface area contributed by atoms with Crippen LogP contribution in [0.1, 0.15) is 27.0 Å². The molecule has 28 heavy (non-hydrogen) atoms. The number of fused-ring (bicyclic) bond motifs is 1. The molecule has 0 unspecified atom stereocenters. The summed E-state index contributed by atoms with van der Waals surface area (Å²) >= 11 is 6.00. The van der Waals surface area contributed by atoms with E-state index in [9.17, 15) is 9.18 Å². The first-order chi connectivity index (χ1) is 13.5. The summed E-state index contributed by atoms with van der Waals surface area (Å²) in [5, 5.41) is 0.585. The maximum Gasteiger partial charge on any atom is 0.231 e. The van der Waals surface area contributed by atoms with E-state index in [1.54, 1.807) is 42.5 Å². The Kier molecular flexibility index (Phi) is 4.88. The van der Waals surface area contributed by atoms with Gasteiger partial charge in [-0.15, -0.1) is 0 Å². The van der Waals surface area contributed by atoms with Crippen molar-refractivity contribution < 1.29 is 18.7 Å². The molecule has 3 aromatic carbocycles. The van der Waals surface area contributed by atoms with Gasteiger partial charge < -0.3 is 9.47 Å². The van der Waals surface area contributed by atoms with Crippen LogP contribution < -0.4 is 9.47 Å². The molecule has 3 aromatic rings. The van der Waals surface area contributed by atoms with Crippen molar-refractivity contribution >= 4 is 23.5 Å². The van der Waals surface area contributed by atoms with Crippen LogP contribution in [0.2, 0.25) is 5.02 Å². The maximum atomic E-state index is 13.3. The molecular weight excluding hydrogens is 379 g/mol. The number of halogens is 2. The Morgan fingerprint density at radius 1 is 1.11 bits per heavy atom.